The van der Waals surface area contributed by atoms with E-state index in [0.29, 0.717) is 26.2 Å². The van der Waals surface area contributed by atoms with Gasteiger partial charge in [0.25, 0.3) is 0 Å². The summed E-state index contributed by atoms with van der Waals surface area (Å²) in [5.74, 6) is -1.30. The van der Waals surface area contributed by atoms with Gasteiger partial charge in [0, 0.05) is 19.0 Å². The average molecular weight is 216 g/mol. The van der Waals surface area contributed by atoms with Gasteiger partial charge in [-0.3, -0.25) is 9.59 Å². The zero-order valence-corrected chi connectivity index (χ0v) is 8.44. The van der Waals surface area contributed by atoms with Crippen LogP contribution >= 0.6 is 0 Å². The average Bonchev–Trinajstić information content (AvgIpc) is 2.58. The molecule has 1 heterocycles. The quantitative estimate of drug-likeness (QED) is 0.508. The lowest BCUT2D eigenvalue weighted by atomic mass is 10.0. The van der Waals surface area contributed by atoms with E-state index < -0.39 is 5.97 Å². The molecule has 0 aromatic rings. The first-order chi connectivity index (χ1) is 7.11. The SMILES string of the molecule is NC1COCC1C(=O)NCCCC(=O)O. The number of carboxylic acid groups (broad SMARTS) is 1. The van der Waals surface area contributed by atoms with Gasteiger partial charge in [0.05, 0.1) is 19.1 Å². The van der Waals surface area contributed by atoms with E-state index in [9.17, 15) is 9.59 Å². The summed E-state index contributed by atoms with van der Waals surface area (Å²) in [5.41, 5.74) is 5.65. The third-order valence-electron chi connectivity index (χ3n) is 2.33. The van der Waals surface area contributed by atoms with E-state index in [1.807, 2.05) is 0 Å². The summed E-state index contributed by atoms with van der Waals surface area (Å²) < 4.78 is 5.06. The van der Waals surface area contributed by atoms with Crippen molar-refractivity contribution in [2.24, 2.45) is 11.7 Å². The predicted molar refractivity (Wildman–Crippen MR) is 52.2 cm³/mol. The molecule has 4 N–H and O–H groups in total. The predicted octanol–water partition coefficient (Wildman–Crippen LogP) is -1.06. The van der Waals surface area contributed by atoms with Crippen LogP contribution in [0.15, 0.2) is 0 Å². The number of ether oxygens (including phenoxy) is 1. The second-order valence-corrected chi connectivity index (χ2v) is 3.60. The van der Waals surface area contributed by atoms with Gasteiger partial charge in [-0.1, -0.05) is 0 Å². The maximum Gasteiger partial charge on any atom is 0.303 e. The largest absolute Gasteiger partial charge is 0.481 e. The summed E-state index contributed by atoms with van der Waals surface area (Å²) in [7, 11) is 0. The van der Waals surface area contributed by atoms with E-state index in [1.54, 1.807) is 0 Å². The summed E-state index contributed by atoms with van der Waals surface area (Å²) in [6.45, 7) is 1.13. The number of rotatable bonds is 5. The second kappa shape index (κ2) is 5.67. The lowest BCUT2D eigenvalue weighted by Crippen LogP contribution is -2.41. The highest BCUT2D eigenvalue weighted by Gasteiger charge is 2.30. The van der Waals surface area contributed by atoms with E-state index in [0.717, 1.165) is 0 Å². The Morgan fingerprint density at radius 3 is 2.73 bits per heavy atom. The zero-order chi connectivity index (χ0) is 11.3. The highest BCUT2D eigenvalue weighted by Crippen LogP contribution is 2.11. The van der Waals surface area contributed by atoms with Crippen molar-refractivity contribution in [3.05, 3.63) is 0 Å². The molecule has 15 heavy (non-hydrogen) atoms. The number of amides is 1. The number of carbonyl (C=O) groups excluding carboxylic acids is 1. The molecule has 1 amide bonds. The Bertz CT molecular complexity index is 244. The molecule has 86 valence electrons. The molecule has 2 unspecified atom stereocenters. The molecule has 0 bridgehead atoms. The molecule has 0 spiro atoms. The van der Waals surface area contributed by atoms with E-state index in [4.69, 9.17) is 15.6 Å². The van der Waals surface area contributed by atoms with Crippen LogP contribution in [-0.4, -0.2) is 42.8 Å². The molecule has 6 nitrogen and oxygen atoms in total. The van der Waals surface area contributed by atoms with Crippen LogP contribution in [0.5, 0.6) is 0 Å². The Hall–Kier alpha value is -1.14. The smallest absolute Gasteiger partial charge is 0.303 e. The molecular formula is C9H16N2O4. The summed E-state index contributed by atoms with van der Waals surface area (Å²) in [6.07, 6.45) is 0.497. The monoisotopic (exact) mass is 216 g/mol. The number of nitrogens with one attached hydrogen (secondary N) is 1. The molecule has 0 saturated carbocycles. The molecule has 1 fully saturated rings. The Labute approximate surface area is 87.8 Å². The van der Waals surface area contributed by atoms with Gasteiger partial charge in [-0.2, -0.15) is 0 Å². The minimum Gasteiger partial charge on any atom is -0.481 e. The molecule has 0 radical (unpaired) electrons. The van der Waals surface area contributed by atoms with Crippen molar-refractivity contribution in [2.45, 2.75) is 18.9 Å². The minimum atomic E-state index is -0.856. The minimum absolute atomic E-state index is 0.0630. The number of carbonyl (C=O) groups is 2. The van der Waals surface area contributed by atoms with Gasteiger partial charge in [-0.15, -0.1) is 0 Å². The first kappa shape index (κ1) is 11.9. The third kappa shape index (κ3) is 3.85. The van der Waals surface area contributed by atoms with Crippen molar-refractivity contribution in [3.8, 4) is 0 Å². The van der Waals surface area contributed by atoms with Crippen molar-refractivity contribution in [2.75, 3.05) is 19.8 Å². The summed E-state index contributed by atoms with van der Waals surface area (Å²) in [5, 5.41) is 11.0. The third-order valence-corrected chi connectivity index (χ3v) is 2.33. The maximum atomic E-state index is 11.5. The van der Waals surface area contributed by atoms with Crippen LogP contribution in [0.4, 0.5) is 0 Å². The molecular weight excluding hydrogens is 200 g/mol. The molecule has 0 aliphatic carbocycles. The molecule has 0 aromatic heterocycles. The Kier molecular flexibility index (Phi) is 4.51. The van der Waals surface area contributed by atoms with Crippen LogP contribution in [-0.2, 0) is 14.3 Å². The summed E-state index contributed by atoms with van der Waals surface area (Å²) in [4.78, 5) is 21.7. The van der Waals surface area contributed by atoms with Crippen molar-refractivity contribution >= 4 is 11.9 Å². The molecule has 2 atom stereocenters. The first-order valence-corrected chi connectivity index (χ1v) is 4.94. The Morgan fingerprint density at radius 1 is 1.47 bits per heavy atom. The highest BCUT2D eigenvalue weighted by molar-refractivity contribution is 5.79. The lowest BCUT2D eigenvalue weighted by molar-refractivity contribution is -0.137. The number of hydrogen-bond donors (Lipinski definition) is 3. The van der Waals surface area contributed by atoms with Gasteiger partial charge in [-0.05, 0) is 6.42 Å². The fraction of sp³-hybridized carbons (Fsp3) is 0.778. The molecule has 6 heteroatoms. The number of aliphatic carboxylic acids is 1. The van der Waals surface area contributed by atoms with Crippen LogP contribution in [0.25, 0.3) is 0 Å². The van der Waals surface area contributed by atoms with Gasteiger partial charge in [0.1, 0.15) is 0 Å². The van der Waals surface area contributed by atoms with Crippen LogP contribution in [0, 0.1) is 5.92 Å². The molecule has 1 rings (SSSR count). The summed E-state index contributed by atoms with van der Waals surface area (Å²) >= 11 is 0. The number of carboxylic acids is 1. The fourth-order valence-electron chi connectivity index (χ4n) is 1.42. The standard InChI is InChI=1S/C9H16N2O4/c10-7-5-15-4-6(7)9(14)11-3-1-2-8(12)13/h6-7H,1-5,10H2,(H,11,14)(H,12,13). The Balaban J connectivity index is 2.15. The molecule has 1 saturated heterocycles. The molecule has 1 aliphatic heterocycles. The Morgan fingerprint density at radius 2 is 2.20 bits per heavy atom. The van der Waals surface area contributed by atoms with Gasteiger partial charge < -0.3 is 20.9 Å². The van der Waals surface area contributed by atoms with Crippen molar-refractivity contribution in [1.29, 1.82) is 0 Å². The van der Waals surface area contributed by atoms with Crippen molar-refractivity contribution in [3.63, 3.8) is 0 Å². The van der Waals surface area contributed by atoms with Crippen molar-refractivity contribution in [1.82, 2.24) is 5.32 Å². The van der Waals surface area contributed by atoms with Crippen LogP contribution in [0.1, 0.15) is 12.8 Å². The molecule has 1 aliphatic rings. The van der Waals surface area contributed by atoms with Gasteiger partial charge in [0.2, 0.25) is 5.91 Å². The van der Waals surface area contributed by atoms with Crippen LogP contribution in [0.3, 0.4) is 0 Å². The second-order valence-electron chi connectivity index (χ2n) is 3.60. The topological polar surface area (TPSA) is 102 Å². The maximum absolute atomic E-state index is 11.5. The normalized spacial score (nSPS) is 25.1. The van der Waals surface area contributed by atoms with Gasteiger partial charge in [0.15, 0.2) is 0 Å². The number of nitrogens with two attached hydrogens (primary N) is 1. The number of hydrogen-bond acceptors (Lipinski definition) is 4. The first-order valence-electron chi connectivity index (χ1n) is 4.94. The van der Waals surface area contributed by atoms with Gasteiger partial charge in [-0.25, -0.2) is 0 Å². The van der Waals surface area contributed by atoms with Crippen LogP contribution < -0.4 is 11.1 Å². The van der Waals surface area contributed by atoms with E-state index in [1.165, 1.54) is 0 Å². The highest BCUT2D eigenvalue weighted by atomic mass is 16.5. The van der Waals surface area contributed by atoms with Crippen molar-refractivity contribution < 1.29 is 19.4 Å². The van der Waals surface area contributed by atoms with E-state index >= 15 is 0 Å². The fourth-order valence-corrected chi connectivity index (χ4v) is 1.42. The lowest BCUT2D eigenvalue weighted by Gasteiger charge is -2.12. The van der Waals surface area contributed by atoms with E-state index in [-0.39, 0.29) is 24.3 Å². The van der Waals surface area contributed by atoms with Crippen LogP contribution in [0.2, 0.25) is 0 Å². The summed E-state index contributed by atoms with van der Waals surface area (Å²) in [6, 6.07) is -0.246. The molecule has 0 aromatic carbocycles. The van der Waals surface area contributed by atoms with Gasteiger partial charge >= 0.3 is 5.97 Å². The zero-order valence-electron chi connectivity index (χ0n) is 8.44. The van der Waals surface area contributed by atoms with E-state index in [2.05, 4.69) is 5.32 Å².